The van der Waals surface area contributed by atoms with Gasteiger partial charge in [0.05, 0.1) is 6.61 Å². The van der Waals surface area contributed by atoms with Gasteiger partial charge in [-0.25, -0.2) is 4.79 Å². The van der Waals surface area contributed by atoms with Crippen LogP contribution in [0.3, 0.4) is 0 Å². The molecule has 0 atom stereocenters. The minimum Gasteiger partial charge on any atom is -0.460 e. The van der Waals surface area contributed by atoms with Gasteiger partial charge in [-0.15, -0.1) is 10.2 Å². The largest absolute Gasteiger partial charge is 0.460 e. The van der Waals surface area contributed by atoms with Crippen LogP contribution in [-0.4, -0.2) is 38.3 Å². The van der Waals surface area contributed by atoms with Crippen LogP contribution in [-0.2, 0) is 11.3 Å². The summed E-state index contributed by atoms with van der Waals surface area (Å²) < 4.78 is 7.18. The van der Waals surface area contributed by atoms with Crippen molar-refractivity contribution in [1.29, 1.82) is 0 Å². The van der Waals surface area contributed by atoms with Gasteiger partial charge in [0, 0.05) is 11.3 Å². The van der Waals surface area contributed by atoms with E-state index in [1.807, 2.05) is 23.3 Å². The van der Waals surface area contributed by atoms with Crippen molar-refractivity contribution in [3.63, 3.8) is 0 Å². The van der Waals surface area contributed by atoms with Crippen molar-refractivity contribution in [3.05, 3.63) is 11.6 Å². The molecule has 0 radical (unpaired) electrons. The summed E-state index contributed by atoms with van der Waals surface area (Å²) in [5, 5.41) is 8.00. The molecule has 1 aliphatic rings. The van der Waals surface area contributed by atoms with E-state index in [9.17, 15) is 4.79 Å². The second-order valence-electron chi connectivity index (χ2n) is 4.97. The first-order valence-electron chi connectivity index (χ1n) is 6.74. The number of aromatic nitrogens is 3. The summed E-state index contributed by atoms with van der Waals surface area (Å²) >= 11 is 1.89. The van der Waals surface area contributed by atoms with Crippen molar-refractivity contribution < 1.29 is 9.53 Å². The smallest absolute Gasteiger partial charge is 0.376 e. The molecule has 0 aromatic carbocycles. The minimum atomic E-state index is -0.377. The summed E-state index contributed by atoms with van der Waals surface area (Å²) in [5.74, 6) is 0.736. The van der Waals surface area contributed by atoms with Gasteiger partial charge >= 0.3 is 5.97 Å². The molecule has 5 nitrogen and oxygen atoms in total. The molecule has 0 N–H and O–H groups in total. The zero-order chi connectivity index (χ0) is 13.9. The van der Waals surface area contributed by atoms with Crippen LogP contribution in [0.15, 0.2) is 0 Å². The molecular formula is C13H21N3O2S. The van der Waals surface area contributed by atoms with Crippen LogP contribution >= 0.6 is 11.8 Å². The molecule has 6 heteroatoms. The minimum absolute atomic E-state index is 0.217. The zero-order valence-electron chi connectivity index (χ0n) is 11.8. The van der Waals surface area contributed by atoms with Gasteiger partial charge in [-0.05, 0) is 32.9 Å². The predicted octanol–water partition coefficient (Wildman–Crippen LogP) is 2.44. The SMILES string of the molecule is CCOC(=O)c1nnc(C)n1CC1(SC)CCCC1. The van der Waals surface area contributed by atoms with Crippen molar-refractivity contribution in [2.75, 3.05) is 12.9 Å². The van der Waals surface area contributed by atoms with E-state index in [0.717, 1.165) is 12.4 Å². The van der Waals surface area contributed by atoms with Gasteiger partial charge in [-0.3, -0.25) is 0 Å². The summed E-state index contributed by atoms with van der Waals surface area (Å²) in [6.45, 7) is 4.84. The summed E-state index contributed by atoms with van der Waals surface area (Å²) in [5.41, 5.74) is 0. The number of hydrogen-bond acceptors (Lipinski definition) is 5. The van der Waals surface area contributed by atoms with Crippen LogP contribution in [0, 0.1) is 6.92 Å². The fourth-order valence-corrected chi connectivity index (χ4v) is 3.61. The van der Waals surface area contributed by atoms with E-state index in [4.69, 9.17) is 4.74 Å². The molecule has 106 valence electrons. The van der Waals surface area contributed by atoms with E-state index in [-0.39, 0.29) is 10.7 Å². The van der Waals surface area contributed by atoms with E-state index >= 15 is 0 Å². The second-order valence-corrected chi connectivity index (χ2v) is 6.25. The van der Waals surface area contributed by atoms with Gasteiger partial charge in [-0.2, -0.15) is 11.8 Å². The Balaban J connectivity index is 2.24. The first-order valence-corrected chi connectivity index (χ1v) is 7.96. The first kappa shape index (κ1) is 14.4. The lowest BCUT2D eigenvalue weighted by atomic mass is 10.1. The van der Waals surface area contributed by atoms with E-state index in [2.05, 4.69) is 16.5 Å². The number of rotatable bonds is 5. The summed E-state index contributed by atoms with van der Waals surface area (Å²) in [6, 6.07) is 0. The Kier molecular flexibility index (Phi) is 4.50. The number of carbonyl (C=O) groups is 1. The van der Waals surface area contributed by atoms with Gasteiger partial charge in [0.25, 0.3) is 0 Å². The van der Waals surface area contributed by atoms with Crippen LogP contribution < -0.4 is 0 Å². The second kappa shape index (κ2) is 5.94. The molecule has 1 aromatic rings. The first-order chi connectivity index (χ1) is 9.12. The molecule has 0 saturated heterocycles. The number of hydrogen-bond donors (Lipinski definition) is 0. The van der Waals surface area contributed by atoms with Crippen LogP contribution in [0.25, 0.3) is 0 Å². The molecule has 0 bridgehead atoms. The van der Waals surface area contributed by atoms with Crippen molar-refractivity contribution in [1.82, 2.24) is 14.8 Å². The molecule has 1 heterocycles. The summed E-state index contributed by atoms with van der Waals surface area (Å²) in [4.78, 5) is 11.9. The lowest BCUT2D eigenvalue weighted by molar-refractivity contribution is 0.0504. The molecule has 0 aliphatic heterocycles. The van der Waals surface area contributed by atoms with Crippen LogP contribution in [0.5, 0.6) is 0 Å². The average Bonchev–Trinajstić information content (AvgIpc) is 2.99. The lowest BCUT2D eigenvalue weighted by Crippen LogP contribution is -2.29. The normalized spacial score (nSPS) is 17.6. The van der Waals surface area contributed by atoms with Gasteiger partial charge in [0.15, 0.2) is 0 Å². The number of thioether (sulfide) groups is 1. The Labute approximate surface area is 118 Å². The highest BCUT2D eigenvalue weighted by molar-refractivity contribution is 8.00. The Morgan fingerprint density at radius 1 is 1.42 bits per heavy atom. The average molecular weight is 283 g/mol. The fourth-order valence-electron chi connectivity index (χ4n) is 2.65. The van der Waals surface area contributed by atoms with Gasteiger partial charge in [0.1, 0.15) is 5.82 Å². The van der Waals surface area contributed by atoms with E-state index < -0.39 is 0 Å². The third kappa shape index (κ3) is 2.94. The number of aryl methyl sites for hydroxylation is 1. The third-order valence-electron chi connectivity index (χ3n) is 3.79. The molecule has 1 aromatic heterocycles. The maximum Gasteiger partial charge on any atom is 0.376 e. The molecular weight excluding hydrogens is 262 g/mol. The molecule has 19 heavy (non-hydrogen) atoms. The van der Waals surface area contributed by atoms with Gasteiger partial charge in [-0.1, -0.05) is 12.8 Å². The maximum atomic E-state index is 11.9. The molecule has 0 spiro atoms. The lowest BCUT2D eigenvalue weighted by Gasteiger charge is -2.27. The highest BCUT2D eigenvalue weighted by atomic mass is 32.2. The number of ether oxygens (including phenoxy) is 1. The van der Waals surface area contributed by atoms with Crippen LogP contribution in [0.4, 0.5) is 0 Å². The highest BCUT2D eigenvalue weighted by Gasteiger charge is 2.35. The molecule has 2 rings (SSSR count). The molecule has 1 fully saturated rings. The molecule has 1 saturated carbocycles. The quantitative estimate of drug-likeness (QED) is 0.777. The van der Waals surface area contributed by atoms with Crippen molar-refractivity contribution in [2.24, 2.45) is 0 Å². The van der Waals surface area contributed by atoms with Crippen molar-refractivity contribution in [3.8, 4) is 0 Å². The predicted molar refractivity (Wildman–Crippen MR) is 75.4 cm³/mol. The van der Waals surface area contributed by atoms with Crippen molar-refractivity contribution >= 4 is 17.7 Å². The van der Waals surface area contributed by atoms with Crippen molar-refractivity contribution in [2.45, 2.75) is 50.8 Å². The topological polar surface area (TPSA) is 57.0 Å². The Morgan fingerprint density at radius 3 is 2.68 bits per heavy atom. The van der Waals surface area contributed by atoms with Crippen LogP contribution in [0.1, 0.15) is 49.1 Å². The standard InChI is InChI=1S/C13H21N3O2S/c1-4-18-12(17)11-15-14-10(2)16(11)9-13(19-3)7-5-6-8-13/h4-9H2,1-3H3. The molecule has 1 aliphatic carbocycles. The van der Waals surface area contributed by atoms with E-state index in [1.165, 1.54) is 25.7 Å². The third-order valence-corrected chi connectivity index (χ3v) is 5.19. The Hall–Kier alpha value is -1.04. The fraction of sp³-hybridized carbons (Fsp3) is 0.769. The molecule has 0 amide bonds. The van der Waals surface area contributed by atoms with E-state index in [0.29, 0.717) is 12.4 Å². The number of carbonyl (C=O) groups excluding carboxylic acids is 1. The van der Waals surface area contributed by atoms with E-state index in [1.54, 1.807) is 6.92 Å². The zero-order valence-corrected chi connectivity index (χ0v) is 12.6. The van der Waals surface area contributed by atoms with Crippen LogP contribution in [0.2, 0.25) is 0 Å². The summed E-state index contributed by atoms with van der Waals surface area (Å²) in [7, 11) is 0. The highest BCUT2D eigenvalue weighted by Crippen LogP contribution is 2.41. The monoisotopic (exact) mass is 283 g/mol. The Morgan fingerprint density at radius 2 is 2.11 bits per heavy atom. The number of nitrogens with zero attached hydrogens (tertiary/aromatic N) is 3. The van der Waals surface area contributed by atoms with Gasteiger partial charge in [0.2, 0.25) is 5.82 Å². The summed E-state index contributed by atoms with van der Waals surface area (Å²) in [6.07, 6.45) is 7.05. The Bertz CT molecular complexity index is 453. The number of esters is 1. The maximum absolute atomic E-state index is 11.9. The molecule has 0 unspecified atom stereocenters. The van der Waals surface area contributed by atoms with Gasteiger partial charge < -0.3 is 9.30 Å².